The standard InChI is InChI=1S/C27H31N3O3/c1-27(2,3)22-13-15-24(16-14-22)32-17-8-18-33-25-12-7-9-21(19-25)20-28-30-26(31)29-23-10-5-4-6-11-23/h4-7,9-16,19-20H,8,17-18H2,1-3H3,(H2,29,30,31)/b28-20-. The highest BCUT2D eigenvalue weighted by Gasteiger charge is 2.12. The van der Waals surface area contributed by atoms with Gasteiger partial charge in [0.2, 0.25) is 0 Å². The van der Waals surface area contributed by atoms with Crippen molar-refractivity contribution >= 4 is 17.9 Å². The molecular weight excluding hydrogens is 414 g/mol. The lowest BCUT2D eigenvalue weighted by Crippen LogP contribution is -2.24. The molecule has 0 bridgehead atoms. The van der Waals surface area contributed by atoms with Crippen LogP contribution in [0.25, 0.3) is 0 Å². The Hall–Kier alpha value is -3.80. The van der Waals surface area contributed by atoms with Gasteiger partial charge in [0.05, 0.1) is 19.4 Å². The van der Waals surface area contributed by atoms with E-state index < -0.39 is 6.03 Å². The molecule has 0 saturated carbocycles. The predicted octanol–water partition coefficient (Wildman–Crippen LogP) is 5.99. The smallest absolute Gasteiger partial charge is 0.339 e. The number of nitrogens with zero attached hydrogens (tertiary/aromatic N) is 1. The van der Waals surface area contributed by atoms with Crippen molar-refractivity contribution in [2.75, 3.05) is 18.5 Å². The summed E-state index contributed by atoms with van der Waals surface area (Å²) in [4.78, 5) is 11.9. The van der Waals surface area contributed by atoms with Gasteiger partial charge in [0.15, 0.2) is 0 Å². The fourth-order valence-electron chi connectivity index (χ4n) is 3.02. The molecule has 0 fully saturated rings. The van der Waals surface area contributed by atoms with Gasteiger partial charge in [0, 0.05) is 12.1 Å². The van der Waals surface area contributed by atoms with E-state index in [-0.39, 0.29) is 5.41 Å². The molecule has 3 rings (SSSR count). The van der Waals surface area contributed by atoms with Crippen molar-refractivity contribution in [1.29, 1.82) is 0 Å². The Morgan fingerprint density at radius 1 is 0.879 bits per heavy atom. The quantitative estimate of drug-likeness (QED) is 0.241. The number of amides is 2. The van der Waals surface area contributed by atoms with Gasteiger partial charge in [-0.15, -0.1) is 0 Å². The van der Waals surface area contributed by atoms with E-state index in [0.29, 0.717) is 18.9 Å². The van der Waals surface area contributed by atoms with Crippen LogP contribution in [0.3, 0.4) is 0 Å². The number of urea groups is 1. The lowest BCUT2D eigenvalue weighted by molar-refractivity contribution is 0.247. The highest BCUT2D eigenvalue weighted by atomic mass is 16.5. The lowest BCUT2D eigenvalue weighted by atomic mass is 9.87. The molecule has 0 aromatic heterocycles. The third kappa shape index (κ3) is 8.33. The van der Waals surface area contributed by atoms with Gasteiger partial charge in [-0.25, -0.2) is 10.2 Å². The minimum atomic E-state index is -0.405. The number of hydrogen-bond acceptors (Lipinski definition) is 4. The Morgan fingerprint density at radius 3 is 2.27 bits per heavy atom. The SMILES string of the molecule is CC(C)(C)c1ccc(OCCCOc2cccc(/C=N\NC(=O)Nc3ccccc3)c2)cc1. The molecule has 0 saturated heterocycles. The van der Waals surface area contributed by atoms with Crippen LogP contribution < -0.4 is 20.2 Å². The third-order valence-corrected chi connectivity index (χ3v) is 4.82. The molecule has 0 aliphatic carbocycles. The van der Waals surface area contributed by atoms with Crippen molar-refractivity contribution in [2.45, 2.75) is 32.6 Å². The minimum absolute atomic E-state index is 0.135. The summed E-state index contributed by atoms with van der Waals surface area (Å²) in [5.41, 5.74) is 5.39. The molecule has 6 heteroatoms. The van der Waals surface area contributed by atoms with Crippen molar-refractivity contribution in [3.63, 3.8) is 0 Å². The van der Waals surface area contributed by atoms with Gasteiger partial charge < -0.3 is 14.8 Å². The summed E-state index contributed by atoms with van der Waals surface area (Å²) < 4.78 is 11.6. The van der Waals surface area contributed by atoms with E-state index in [4.69, 9.17) is 9.47 Å². The second kappa shape index (κ2) is 11.7. The minimum Gasteiger partial charge on any atom is -0.493 e. The van der Waals surface area contributed by atoms with Crippen LogP contribution >= 0.6 is 0 Å². The third-order valence-electron chi connectivity index (χ3n) is 4.82. The van der Waals surface area contributed by atoms with Crippen LogP contribution in [0.5, 0.6) is 11.5 Å². The van der Waals surface area contributed by atoms with Crippen LogP contribution in [0.15, 0.2) is 84.0 Å². The molecule has 0 radical (unpaired) electrons. The molecule has 3 aromatic carbocycles. The number of carbonyl (C=O) groups excluding carboxylic acids is 1. The molecular formula is C27H31N3O3. The number of benzene rings is 3. The van der Waals surface area contributed by atoms with Crippen molar-refractivity contribution in [3.8, 4) is 11.5 Å². The number of hydrazone groups is 1. The zero-order chi connectivity index (χ0) is 23.5. The van der Waals surface area contributed by atoms with E-state index in [1.54, 1.807) is 18.3 Å². The number of hydrogen-bond donors (Lipinski definition) is 2. The molecule has 0 heterocycles. The van der Waals surface area contributed by atoms with Crippen LogP contribution in [0.2, 0.25) is 0 Å². The maximum absolute atomic E-state index is 11.9. The summed E-state index contributed by atoms with van der Waals surface area (Å²) in [7, 11) is 0. The highest BCUT2D eigenvalue weighted by Crippen LogP contribution is 2.24. The maximum atomic E-state index is 11.9. The van der Waals surface area contributed by atoms with E-state index in [1.165, 1.54) is 5.56 Å². The number of carbonyl (C=O) groups is 1. The summed E-state index contributed by atoms with van der Waals surface area (Å²) in [5.74, 6) is 1.60. The largest absolute Gasteiger partial charge is 0.493 e. The number of nitrogens with one attached hydrogen (secondary N) is 2. The molecule has 0 aliphatic heterocycles. The van der Waals surface area contributed by atoms with E-state index in [0.717, 1.165) is 23.5 Å². The zero-order valence-electron chi connectivity index (χ0n) is 19.4. The maximum Gasteiger partial charge on any atom is 0.339 e. The average molecular weight is 446 g/mol. The van der Waals surface area contributed by atoms with Crippen LogP contribution in [-0.2, 0) is 5.41 Å². The molecule has 2 amide bonds. The summed E-state index contributed by atoms with van der Waals surface area (Å²) in [6.07, 6.45) is 2.34. The summed E-state index contributed by atoms with van der Waals surface area (Å²) in [5, 5.41) is 6.68. The van der Waals surface area contributed by atoms with Crippen molar-refractivity contribution in [3.05, 3.63) is 90.0 Å². The average Bonchev–Trinajstić information content (AvgIpc) is 2.79. The fraction of sp³-hybridized carbons (Fsp3) is 0.259. The number of para-hydroxylation sites is 1. The first-order valence-corrected chi connectivity index (χ1v) is 11.0. The Kier molecular flexibility index (Phi) is 8.47. The Balaban J connectivity index is 1.37. The van der Waals surface area contributed by atoms with Crippen LogP contribution in [-0.4, -0.2) is 25.5 Å². The Labute approximate surface area is 195 Å². The van der Waals surface area contributed by atoms with Gasteiger partial charge in [-0.3, -0.25) is 0 Å². The molecule has 2 N–H and O–H groups in total. The van der Waals surface area contributed by atoms with Crippen LogP contribution in [0.1, 0.15) is 38.3 Å². The fourth-order valence-corrected chi connectivity index (χ4v) is 3.02. The van der Waals surface area contributed by atoms with Crippen LogP contribution in [0, 0.1) is 0 Å². The van der Waals surface area contributed by atoms with E-state index in [2.05, 4.69) is 48.7 Å². The van der Waals surface area contributed by atoms with Crippen molar-refractivity contribution in [2.24, 2.45) is 5.10 Å². The molecule has 3 aromatic rings. The first-order valence-electron chi connectivity index (χ1n) is 11.0. The van der Waals surface area contributed by atoms with Gasteiger partial charge in [-0.05, 0) is 52.9 Å². The monoisotopic (exact) mass is 445 g/mol. The molecule has 0 atom stereocenters. The van der Waals surface area contributed by atoms with Gasteiger partial charge >= 0.3 is 6.03 Å². The summed E-state index contributed by atoms with van der Waals surface area (Å²) >= 11 is 0. The molecule has 6 nitrogen and oxygen atoms in total. The molecule has 0 unspecified atom stereocenters. The highest BCUT2D eigenvalue weighted by molar-refractivity contribution is 5.90. The van der Waals surface area contributed by atoms with Gasteiger partial charge in [0.25, 0.3) is 0 Å². The van der Waals surface area contributed by atoms with E-state index in [1.807, 2.05) is 54.6 Å². The summed E-state index contributed by atoms with van der Waals surface area (Å²) in [6.45, 7) is 7.70. The lowest BCUT2D eigenvalue weighted by Gasteiger charge is -2.19. The number of rotatable bonds is 9. The van der Waals surface area contributed by atoms with E-state index in [9.17, 15) is 4.79 Å². The molecule has 0 spiro atoms. The van der Waals surface area contributed by atoms with Gasteiger partial charge in [-0.2, -0.15) is 5.10 Å². The predicted molar refractivity (Wildman–Crippen MR) is 133 cm³/mol. The molecule has 0 aliphatic rings. The van der Waals surface area contributed by atoms with Crippen molar-refractivity contribution in [1.82, 2.24) is 5.43 Å². The Bertz CT molecular complexity index is 1040. The zero-order valence-corrected chi connectivity index (χ0v) is 19.4. The van der Waals surface area contributed by atoms with Crippen LogP contribution in [0.4, 0.5) is 10.5 Å². The Morgan fingerprint density at radius 2 is 1.58 bits per heavy atom. The molecule has 33 heavy (non-hydrogen) atoms. The molecule has 172 valence electrons. The second-order valence-corrected chi connectivity index (χ2v) is 8.59. The number of anilines is 1. The van der Waals surface area contributed by atoms with Gasteiger partial charge in [-0.1, -0.05) is 63.2 Å². The number of ether oxygens (including phenoxy) is 2. The summed E-state index contributed by atoms with van der Waals surface area (Å²) in [6, 6.07) is 24.6. The second-order valence-electron chi connectivity index (χ2n) is 8.59. The van der Waals surface area contributed by atoms with Gasteiger partial charge in [0.1, 0.15) is 11.5 Å². The first kappa shape index (κ1) is 23.9. The normalized spacial score (nSPS) is 11.2. The van der Waals surface area contributed by atoms with E-state index >= 15 is 0 Å². The topological polar surface area (TPSA) is 72.0 Å². The first-order chi connectivity index (χ1) is 15.9. The van der Waals surface area contributed by atoms with Crippen molar-refractivity contribution < 1.29 is 14.3 Å².